The van der Waals surface area contributed by atoms with Crippen molar-refractivity contribution in [1.29, 1.82) is 0 Å². The normalized spacial score (nSPS) is 29.2. The van der Waals surface area contributed by atoms with E-state index in [4.69, 9.17) is 4.74 Å². The van der Waals surface area contributed by atoms with Crippen LogP contribution in [0.3, 0.4) is 0 Å². The highest BCUT2D eigenvalue weighted by Gasteiger charge is 2.55. The lowest BCUT2D eigenvalue weighted by molar-refractivity contribution is -0.183. The molecule has 1 spiro atoms. The summed E-state index contributed by atoms with van der Waals surface area (Å²) in [5.41, 5.74) is 0.0653. The number of benzene rings is 1. The van der Waals surface area contributed by atoms with Crippen LogP contribution in [-0.2, 0) is 14.3 Å². The molecule has 1 aliphatic heterocycles. The lowest BCUT2D eigenvalue weighted by atomic mass is 9.65. The van der Waals surface area contributed by atoms with Gasteiger partial charge in [-0.05, 0) is 18.4 Å². The van der Waals surface area contributed by atoms with Gasteiger partial charge in [-0.1, -0.05) is 56.5 Å². The third kappa shape index (κ3) is 1.96. The minimum absolute atomic E-state index is 0.0855. The van der Waals surface area contributed by atoms with Gasteiger partial charge in [0.25, 0.3) is 0 Å². The molecule has 1 aromatic rings. The maximum atomic E-state index is 12.8. The van der Waals surface area contributed by atoms with E-state index >= 15 is 0 Å². The Hall–Kier alpha value is -1.64. The maximum Gasteiger partial charge on any atom is 0.320 e. The highest BCUT2D eigenvalue weighted by molar-refractivity contribution is 6.06. The largest absolute Gasteiger partial charge is 0.456 e. The van der Waals surface area contributed by atoms with Crippen molar-refractivity contribution in [3.8, 4) is 0 Å². The second-order valence-electron chi connectivity index (χ2n) is 6.03. The Morgan fingerprint density at radius 3 is 2.35 bits per heavy atom. The molecule has 0 bridgehead atoms. The number of carbonyl (C=O) groups is 2. The Kier molecular flexibility index (Phi) is 3.36. The third-order valence-corrected chi connectivity index (χ3v) is 4.80. The van der Waals surface area contributed by atoms with Gasteiger partial charge in [-0.25, -0.2) is 0 Å². The number of carbonyl (C=O) groups excluding carboxylic acids is 2. The van der Waals surface area contributed by atoms with Crippen LogP contribution in [0.15, 0.2) is 30.3 Å². The lowest BCUT2D eigenvalue weighted by Crippen LogP contribution is -2.51. The number of hydrogen-bond donors (Lipinski definition) is 0. The number of Topliss-reactive ketones (excluding diaryl/α,β-unsaturated/α-hetero) is 1. The van der Waals surface area contributed by atoms with Gasteiger partial charge < -0.3 is 4.74 Å². The van der Waals surface area contributed by atoms with Crippen molar-refractivity contribution in [2.75, 3.05) is 0 Å². The van der Waals surface area contributed by atoms with Crippen LogP contribution in [-0.4, -0.2) is 11.8 Å². The fraction of sp³-hybridized carbons (Fsp3) is 0.529. The molecule has 1 saturated carbocycles. The van der Waals surface area contributed by atoms with E-state index < -0.39 is 11.5 Å². The van der Waals surface area contributed by atoms with Gasteiger partial charge in [-0.2, -0.15) is 0 Å². The molecular weight excluding hydrogens is 252 g/mol. The van der Waals surface area contributed by atoms with Crippen LogP contribution in [0.4, 0.5) is 0 Å². The zero-order valence-electron chi connectivity index (χ0n) is 11.8. The van der Waals surface area contributed by atoms with Crippen LogP contribution in [0, 0.1) is 11.3 Å². The molecule has 2 aliphatic rings. The van der Waals surface area contributed by atoms with E-state index in [1.807, 2.05) is 37.3 Å². The van der Waals surface area contributed by atoms with Crippen molar-refractivity contribution in [2.45, 2.75) is 45.1 Å². The molecule has 1 aromatic carbocycles. The molecular formula is C17H20O3. The summed E-state index contributed by atoms with van der Waals surface area (Å²) < 4.78 is 5.69. The fourth-order valence-electron chi connectivity index (χ4n) is 3.61. The predicted molar refractivity (Wildman–Crippen MR) is 75.0 cm³/mol. The Morgan fingerprint density at radius 1 is 1.05 bits per heavy atom. The Morgan fingerprint density at radius 2 is 1.70 bits per heavy atom. The van der Waals surface area contributed by atoms with Gasteiger partial charge in [-0.15, -0.1) is 0 Å². The molecule has 3 nitrogen and oxygen atoms in total. The van der Waals surface area contributed by atoms with Crippen molar-refractivity contribution in [1.82, 2.24) is 0 Å². The first-order valence-electron chi connectivity index (χ1n) is 7.45. The van der Waals surface area contributed by atoms with Crippen LogP contribution in [0.1, 0.15) is 50.7 Å². The van der Waals surface area contributed by atoms with Crippen LogP contribution in [0.5, 0.6) is 0 Å². The highest BCUT2D eigenvalue weighted by atomic mass is 16.5. The SMILES string of the molecule is C[C@@H]1C(=O)C2(CCCCC2)C(=O)O[C@H]1c1ccccc1. The summed E-state index contributed by atoms with van der Waals surface area (Å²) in [6.07, 6.45) is 3.91. The molecule has 106 valence electrons. The molecule has 0 aromatic heterocycles. The second kappa shape index (κ2) is 5.04. The third-order valence-electron chi connectivity index (χ3n) is 4.80. The molecule has 1 saturated heterocycles. The van der Waals surface area contributed by atoms with Crippen molar-refractivity contribution < 1.29 is 14.3 Å². The summed E-state index contributed by atoms with van der Waals surface area (Å²) in [5, 5.41) is 0. The molecule has 3 heteroatoms. The maximum absolute atomic E-state index is 12.8. The predicted octanol–water partition coefficient (Wildman–Crippen LogP) is 3.44. The van der Waals surface area contributed by atoms with E-state index in [1.54, 1.807) is 0 Å². The highest BCUT2D eigenvalue weighted by Crippen LogP contribution is 2.47. The first-order valence-corrected chi connectivity index (χ1v) is 7.45. The first kappa shape index (κ1) is 13.3. The molecule has 1 heterocycles. The van der Waals surface area contributed by atoms with Crippen LogP contribution in [0.25, 0.3) is 0 Å². The zero-order chi connectivity index (χ0) is 14.2. The van der Waals surface area contributed by atoms with E-state index in [-0.39, 0.29) is 17.7 Å². The van der Waals surface area contributed by atoms with E-state index in [1.165, 1.54) is 0 Å². The van der Waals surface area contributed by atoms with Gasteiger partial charge in [0, 0.05) is 0 Å². The number of esters is 1. The van der Waals surface area contributed by atoms with E-state index in [2.05, 4.69) is 0 Å². The average Bonchev–Trinajstić information content (AvgIpc) is 2.51. The molecule has 0 radical (unpaired) electrons. The van der Waals surface area contributed by atoms with E-state index in [9.17, 15) is 9.59 Å². The van der Waals surface area contributed by atoms with E-state index in [0.717, 1.165) is 24.8 Å². The Bertz CT molecular complexity index is 514. The van der Waals surface area contributed by atoms with Gasteiger partial charge in [0.1, 0.15) is 11.5 Å². The molecule has 20 heavy (non-hydrogen) atoms. The van der Waals surface area contributed by atoms with Crippen molar-refractivity contribution >= 4 is 11.8 Å². The topological polar surface area (TPSA) is 43.4 Å². The van der Waals surface area contributed by atoms with Crippen molar-refractivity contribution in [3.63, 3.8) is 0 Å². The van der Waals surface area contributed by atoms with Gasteiger partial charge >= 0.3 is 5.97 Å². The van der Waals surface area contributed by atoms with Gasteiger partial charge in [-0.3, -0.25) is 9.59 Å². The number of hydrogen-bond acceptors (Lipinski definition) is 3. The molecule has 0 unspecified atom stereocenters. The minimum Gasteiger partial charge on any atom is -0.456 e. The molecule has 2 atom stereocenters. The summed E-state index contributed by atoms with van der Waals surface area (Å²) in [6, 6.07) is 9.57. The molecule has 1 aliphatic carbocycles. The zero-order valence-corrected chi connectivity index (χ0v) is 11.8. The van der Waals surface area contributed by atoms with Gasteiger partial charge in [0.15, 0.2) is 5.78 Å². The summed E-state index contributed by atoms with van der Waals surface area (Å²) in [7, 11) is 0. The summed E-state index contributed by atoms with van der Waals surface area (Å²) in [4.78, 5) is 25.3. The minimum atomic E-state index is -0.844. The quantitative estimate of drug-likeness (QED) is 0.581. The summed E-state index contributed by atoms with van der Waals surface area (Å²) in [6.45, 7) is 1.89. The molecule has 3 rings (SSSR count). The monoisotopic (exact) mass is 272 g/mol. The van der Waals surface area contributed by atoms with Crippen LogP contribution < -0.4 is 0 Å². The Balaban J connectivity index is 1.91. The van der Waals surface area contributed by atoms with Crippen molar-refractivity contribution in [2.24, 2.45) is 11.3 Å². The molecule has 2 fully saturated rings. The number of cyclic esters (lactones) is 1. The first-order chi connectivity index (χ1) is 9.65. The summed E-state index contributed by atoms with van der Waals surface area (Å²) >= 11 is 0. The van der Waals surface area contributed by atoms with Crippen LogP contribution in [0.2, 0.25) is 0 Å². The smallest absolute Gasteiger partial charge is 0.320 e. The van der Waals surface area contributed by atoms with Crippen molar-refractivity contribution in [3.05, 3.63) is 35.9 Å². The van der Waals surface area contributed by atoms with E-state index in [0.29, 0.717) is 12.8 Å². The standard InChI is InChI=1S/C17H20O3/c1-12-14(13-8-4-2-5-9-13)20-16(19)17(15(12)18)10-6-3-7-11-17/h2,4-5,8-9,12,14H,3,6-7,10-11H2,1H3/t12-,14+/m0/s1. The van der Waals surface area contributed by atoms with Gasteiger partial charge in [0.05, 0.1) is 5.92 Å². The second-order valence-corrected chi connectivity index (χ2v) is 6.03. The number of ether oxygens (including phenoxy) is 1. The molecule has 0 N–H and O–H groups in total. The number of rotatable bonds is 1. The molecule has 0 amide bonds. The average molecular weight is 272 g/mol. The summed E-state index contributed by atoms with van der Waals surface area (Å²) in [5.74, 6) is -0.468. The van der Waals surface area contributed by atoms with Crippen LogP contribution >= 0.6 is 0 Å². The number of ketones is 1. The Labute approximate surface area is 119 Å². The fourth-order valence-corrected chi connectivity index (χ4v) is 3.61. The van der Waals surface area contributed by atoms with Gasteiger partial charge in [0.2, 0.25) is 0 Å². The lowest BCUT2D eigenvalue weighted by Gasteiger charge is -2.42.